The van der Waals surface area contributed by atoms with E-state index in [1.807, 2.05) is 0 Å². The van der Waals surface area contributed by atoms with Gasteiger partial charge in [0.25, 0.3) is 0 Å². The van der Waals surface area contributed by atoms with E-state index in [4.69, 9.17) is 19.4 Å². The van der Waals surface area contributed by atoms with Crippen LogP contribution in [-0.4, -0.2) is 0 Å². The Kier molecular flexibility index (Phi) is 8.50. The average Bonchev–Trinajstić information content (AvgIpc) is 2.84. The first-order chi connectivity index (χ1) is 15.2. The van der Waals surface area contributed by atoms with Gasteiger partial charge in [0.2, 0.25) is 0 Å². The van der Waals surface area contributed by atoms with E-state index in [0.29, 0.717) is 0 Å². The third-order valence-corrected chi connectivity index (χ3v) is 15.5. The molecule has 0 heterocycles. The van der Waals surface area contributed by atoms with E-state index >= 15 is 0 Å². The van der Waals surface area contributed by atoms with Gasteiger partial charge in [0.1, 0.15) is 0 Å². The molecule has 4 aromatic carbocycles. The molecule has 0 N–H and O–H groups in total. The van der Waals surface area contributed by atoms with Crippen LogP contribution >= 0.6 is 35.2 Å². The molecule has 0 spiro atoms. The quantitative estimate of drug-likeness (QED) is 0.167. The van der Waals surface area contributed by atoms with Crippen LogP contribution in [0.5, 0.6) is 0 Å². The Bertz CT molecular complexity index is 1030. The third kappa shape index (κ3) is 5.93. The fourth-order valence-electron chi connectivity index (χ4n) is 3.27. The number of hydrogen-bond acceptors (Lipinski definition) is 0. The van der Waals surface area contributed by atoms with Crippen LogP contribution in [0.15, 0.2) is 131 Å². The van der Waals surface area contributed by atoms with Crippen molar-refractivity contribution in [3.05, 3.63) is 131 Å². The van der Waals surface area contributed by atoms with Gasteiger partial charge in [0, 0.05) is 0 Å². The molecule has 4 rings (SSSR count). The summed E-state index contributed by atoms with van der Waals surface area (Å²) in [7, 11) is 12.1. The zero-order valence-electron chi connectivity index (χ0n) is 16.6. The minimum absolute atomic E-state index is 0.715. The summed E-state index contributed by atoms with van der Waals surface area (Å²) in [6, 6.07) is 42.7. The molecular formula is C26H21Cl2P2Ru. The van der Waals surface area contributed by atoms with Crippen molar-refractivity contribution in [2.45, 2.75) is 0 Å². The van der Waals surface area contributed by atoms with E-state index in [2.05, 4.69) is 127 Å². The summed E-state index contributed by atoms with van der Waals surface area (Å²) in [4.78, 5) is 0. The van der Waals surface area contributed by atoms with Crippen LogP contribution in [0.3, 0.4) is 0 Å². The van der Waals surface area contributed by atoms with Crippen LogP contribution in [-0.2, 0) is 14.0 Å². The summed E-state index contributed by atoms with van der Waals surface area (Å²) in [6.07, 6.45) is 0. The first-order valence-corrected chi connectivity index (χ1v) is 17.8. The van der Waals surface area contributed by atoms with Crippen molar-refractivity contribution >= 4 is 56.4 Å². The fraction of sp³-hybridized carbons (Fsp3) is 0. The Morgan fingerprint density at radius 1 is 0.516 bits per heavy atom. The summed E-state index contributed by atoms with van der Waals surface area (Å²) >= 11 is -2.18. The van der Waals surface area contributed by atoms with Gasteiger partial charge in [-0.1, -0.05) is 0 Å². The molecule has 0 amide bonds. The molecule has 0 saturated heterocycles. The van der Waals surface area contributed by atoms with E-state index in [-0.39, 0.29) is 0 Å². The monoisotopic (exact) mass is 567 g/mol. The molecule has 0 bridgehead atoms. The van der Waals surface area contributed by atoms with Gasteiger partial charge in [0.15, 0.2) is 0 Å². The van der Waals surface area contributed by atoms with E-state index in [9.17, 15) is 0 Å². The molecule has 0 aliphatic carbocycles. The van der Waals surface area contributed by atoms with Crippen LogP contribution in [0.25, 0.3) is 0 Å². The second-order valence-corrected chi connectivity index (χ2v) is 17.4. The maximum absolute atomic E-state index is 6.82. The van der Waals surface area contributed by atoms with Crippen molar-refractivity contribution in [2.24, 2.45) is 0 Å². The van der Waals surface area contributed by atoms with Crippen molar-refractivity contribution in [1.29, 1.82) is 0 Å². The second-order valence-electron chi connectivity index (χ2n) is 6.67. The standard InChI is InChI=1S/C26H21P2.2ClH.Ru/c1-5-13-23(14-6-1)27(24-15-7-2-8-16-24)21-22-28(25-17-9-3-10-18-25)26-19-11-4-12-20-26;;;/h1-21H;2*1H;/q;;;+2/p-2. The third-order valence-electron chi connectivity index (χ3n) is 4.68. The Hall–Kier alpha value is -1.32. The van der Waals surface area contributed by atoms with E-state index in [1.165, 1.54) is 25.1 Å². The van der Waals surface area contributed by atoms with Crippen molar-refractivity contribution in [3.63, 3.8) is 0 Å². The molecule has 0 fully saturated rings. The number of benzene rings is 4. The van der Waals surface area contributed by atoms with Crippen LogP contribution in [0, 0.1) is 0 Å². The predicted molar refractivity (Wildman–Crippen MR) is 138 cm³/mol. The van der Waals surface area contributed by atoms with Gasteiger partial charge < -0.3 is 0 Å². The molecule has 0 aliphatic rings. The molecule has 0 aromatic heterocycles. The van der Waals surface area contributed by atoms with Crippen molar-refractivity contribution < 1.29 is 14.0 Å². The maximum atomic E-state index is 6.82. The predicted octanol–water partition coefficient (Wildman–Crippen LogP) is 6.98. The van der Waals surface area contributed by atoms with Gasteiger partial charge in [-0.15, -0.1) is 0 Å². The van der Waals surface area contributed by atoms with Gasteiger partial charge in [-0.3, -0.25) is 0 Å². The van der Waals surface area contributed by atoms with Gasteiger partial charge >= 0.3 is 201 Å². The first kappa shape index (κ1) is 22.9. The zero-order valence-corrected chi connectivity index (χ0v) is 21.7. The second kappa shape index (κ2) is 11.5. The summed E-state index contributed by atoms with van der Waals surface area (Å²) in [6.45, 7) is 0. The van der Waals surface area contributed by atoms with Gasteiger partial charge in [0.05, 0.1) is 0 Å². The number of rotatable bonds is 7. The van der Waals surface area contributed by atoms with Gasteiger partial charge in [-0.05, 0) is 0 Å². The van der Waals surface area contributed by atoms with Crippen molar-refractivity contribution in [1.82, 2.24) is 0 Å². The summed E-state index contributed by atoms with van der Waals surface area (Å²) in [5.41, 5.74) is 0. The van der Waals surface area contributed by atoms with Crippen LogP contribution in [0.1, 0.15) is 0 Å². The van der Waals surface area contributed by atoms with Crippen molar-refractivity contribution in [3.8, 4) is 0 Å². The molecule has 4 aromatic rings. The van der Waals surface area contributed by atoms with Crippen molar-refractivity contribution in [2.75, 3.05) is 0 Å². The molecule has 31 heavy (non-hydrogen) atoms. The molecule has 0 atom stereocenters. The molecule has 0 aliphatic heterocycles. The van der Waals surface area contributed by atoms with Crippen LogP contribution in [0.4, 0.5) is 0 Å². The van der Waals surface area contributed by atoms with E-state index in [0.717, 1.165) is 0 Å². The number of halogens is 2. The zero-order chi connectivity index (χ0) is 21.5. The average molecular weight is 567 g/mol. The van der Waals surface area contributed by atoms with Gasteiger partial charge in [-0.25, -0.2) is 0 Å². The molecule has 5 heteroatoms. The Morgan fingerprint density at radius 3 is 1.16 bits per heavy atom. The van der Waals surface area contributed by atoms with E-state index in [1.54, 1.807) is 0 Å². The summed E-state index contributed by atoms with van der Waals surface area (Å²) in [5, 5.41) is 5.18. The molecule has 0 saturated carbocycles. The molecule has 0 nitrogen and oxygen atoms in total. The van der Waals surface area contributed by atoms with Crippen LogP contribution < -0.4 is 21.2 Å². The summed E-state index contributed by atoms with van der Waals surface area (Å²) < 4.78 is 1.22. The Morgan fingerprint density at radius 2 is 0.839 bits per heavy atom. The van der Waals surface area contributed by atoms with E-state index < -0.39 is 29.8 Å². The Labute approximate surface area is 200 Å². The fourth-order valence-corrected chi connectivity index (χ4v) is 14.5. The summed E-state index contributed by atoms with van der Waals surface area (Å²) in [5.74, 6) is 2.41. The molecular weight excluding hydrogens is 546 g/mol. The topological polar surface area (TPSA) is 0 Å². The normalized spacial score (nSPS) is 12.3. The molecule has 157 valence electrons. The Balaban J connectivity index is 1.90. The van der Waals surface area contributed by atoms with Gasteiger partial charge in [-0.2, -0.15) is 0 Å². The minimum atomic E-state index is -2.18. The number of hydrogen-bond donors (Lipinski definition) is 0. The molecule has 0 radical (unpaired) electrons. The molecule has 0 unspecified atom stereocenters. The SMILES string of the molecule is [Cl][Ru]([Cl])[C](=CP(c1ccccc1)c1ccccc1)P(c1ccccc1)c1ccccc1. The van der Waals surface area contributed by atoms with Crippen LogP contribution in [0.2, 0.25) is 0 Å². The first-order valence-electron chi connectivity index (χ1n) is 9.75.